The number of benzene rings is 1. The molecule has 2 heterocycles. The van der Waals surface area contributed by atoms with Crippen molar-refractivity contribution in [3.63, 3.8) is 0 Å². The number of carboxylic acids is 1. The van der Waals surface area contributed by atoms with Crippen molar-refractivity contribution in [2.45, 2.75) is 0 Å². The Morgan fingerprint density at radius 1 is 1.25 bits per heavy atom. The minimum Gasteiger partial charge on any atom is -0.478 e. The smallest absolute Gasteiger partial charge is 0.335 e. The molecule has 0 amide bonds. The lowest BCUT2D eigenvalue weighted by atomic mass is 10.1. The zero-order chi connectivity index (χ0) is 11.1. The fourth-order valence-electron chi connectivity index (χ4n) is 1.85. The van der Waals surface area contributed by atoms with Crippen LogP contribution in [0.25, 0.3) is 21.9 Å². The fourth-order valence-corrected chi connectivity index (χ4v) is 1.85. The van der Waals surface area contributed by atoms with Gasteiger partial charge in [0.1, 0.15) is 0 Å². The number of fused-ring (bicyclic) bond motifs is 3. The van der Waals surface area contributed by atoms with Gasteiger partial charge in [-0.3, -0.25) is 4.98 Å². The molecule has 3 aromatic rings. The number of aromatic amines is 1. The third-order valence-corrected chi connectivity index (χ3v) is 2.60. The van der Waals surface area contributed by atoms with Crippen molar-refractivity contribution in [1.29, 1.82) is 0 Å². The van der Waals surface area contributed by atoms with E-state index in [0.29, 0.717) is 0 Å². The van der Waals surface area contributed by atoms with E-state index in [1.54, 1.807) is 24.4 Å². The van der Waals surface area contributed by atoms with E-state index in [-0.39, 0.29) is 5.56 Å². The zero-order valence-electron chi connectivity index (χ0n) is 8.27. The predicted octanol–water partition coefficient (Wildman–Crippen LogP) is 2.41. The second-order valence-corrected chi connectivity index (χ2v) is 3.59. The number of carbonyl (C=O) groups is 1. The molecule has 0 unspecified atom stereocenters. The number of H-pyrrole nitrogens is 1. The SMILES string of the molecule is O=C(O)c1ccc2c(c1)[nH]c1cccnc12. The van der Waals surface area contributed by atoms with Crippen LogP contribution in [-0.4, -0.2) is 21.0 Å². The topological polar surface area (TPSA) is 66.0 Å². The van der Waals surface area contributed by atoms with Gasteiger partial charge in [0.15, 0.2) is 0 Å². The molecule has 0 aliphatic carbocycles. The van der Waals surface area contributed by atoms with E-state index < -0.39 is 5.97 Å². The van der Waals surface area contributed by atoms with Crippen LogP contribution in [0.1, 0.15) is 10.4 Å². The summed E-state index contributed by atoms with van der Waals surface area (Å²) < 4.78 is 0. The lowest BCUT2D eigenvalue weighted by Crippen LogP contribution is -1.94. The van der Waals surface area contributed by atoms with Gasteiger partial charge in [0.05, 0.1) is 16.6 Å². The largest absolute Gasteiger partial charge is 0.478 e. The van der Waals surface area contributed by atoms with Crippen molar-refractivity contribution in [3.05, 3.63) is 42.1 Å². The minimum absolute atomic E-state index is 0.277. The van der Waals surface area contributed by atoms with E-state index in [1.807, 2.05) is 12.1 Å². The Hall–Kier alpha value is -2.36. The molecule has 0 saturated carbocycles. The molecule has 0 bridgehead atoms. The molecule has 78 valence electrons. The highest BCUT2D eigenvalue weighted by Gasteiger charge is 2.08. The summed E-state index contributed by atoms with van der Waals surface area (Å²) in [6, 6.07) is 8.76. The summed E-state index contributed by atoms with van der Waals surface area (Å²) in [5.74, 6) is -0.923. The van der Waals surface area contributed by atoms with Gasteiger partial charge in [-0.1, -0.05) is 0 Å². The molecule has 3 rings (SSSR count). The Balaban J connectivity index is 2.41. The number of nitrogens with zero attached hydrogens (tertiary/aromatic N) is 1. The summed E-state index contributed by atoms with van der Waals surface area (Å²) in [6.07, 6.45) is 1.72. The van der Waals surface area contributed by atoms with Gasteiger partial charge in [0.25, 0.3) is 0 Å². The summed E-state index contributed by atoms with van der Waals surface area (Å²) in [7, 11) is 0. The number of nitrogens with one attached hydrogen (secondary N) is 1. The molecule has 0 spiro atoms. The van der Waals surface area contributed by atoms with E-state index in [4.69, 9.17) is 5.11 Å². The maximum absolute atomic E-state index is 10.8. The quantitative estimate of drug-likeness (QED) is 0.651. The molecule has 0 aliphatic rings. The molecule has 16 heavy (non-hydrogen) atoms. The van der Waals surface area contributed by atoms with Gasteiger partial charge < -0.3 is 10.1 Å². The third kappa shape index (κ3) is 1.16. The van der Waals surface area contributed by atoms with Gasteiger partial charge in [-0.05, 0) is 30.3 Å². The Morgan fingerprint density at radius 2 is 2.12 bits per heavy atom. The van der Waals surface area contributed by atoms with Crippen molar-refractivity contribution >= 4 is 27.9 Å². The first-order valence-corrected chi connectivity index (χ1v) is 4.85. The van der Waals surface area contributed by atoms with Crippen LogP contribution in [0.2, 0.25) is 0 Å². The van der Waals surface area contributed by atoms with E-state index >= 15 is 0 Å². The van der Waals surface area contributed by atoms with Crippen molar-refractivity contribution in [3.8, 4) is 0 Å². The van der Waals surface area contributed by atoms with Crippen molar-refractivity contribution < 1.29 is 9.90 Å². The molecule has 2 aromatic heterocycles. The zero-order valence-corrected chi connectivity index (χ0v) is 8.27. The lowest BCUT2D eigenvalue weighted by molar-refractivity contribution is 0.0697. The number of hydrogen-bond acceptors (Lipinski definition) is 2. The van der Waals surface area contributed by atoms with Gasteiger partial charge in [-0.15, -0.1) is 0 Å². The van der Waals surface area contributed by atoms with Crippen LogP contribution in [0, 0.1) is 0 Å². The van der Waals surface area contributed by atoms with Crippen molar-refractivity contribution in [2.75, 3.05) is 0 Å². The van der Waals surface area contributed by atoms with E-state index in [2.05, 4.69) is 9.97 Å². The van der Waals surface area contributed by atoms with E-state index in [9.17, 15) is 4.79 Å². The Bertz CT molecular complexity index is 700. The standard InChI is InChI=1S/C12H8N2O2/c15-12(16)7-3-4-8-10(6-7)14-9-2-1-5-13-11(8)9/h1-6,14H,(H,15,16). The maximum Gasteiger partial charge on any atom is 0.335 e. The van der Waals surface area contributed by atoms with Gasteiger partial charge in [-0.2, -0.15) is 0 Å². The van der Waals surface area contributed by atoms with Gasteiger partial charge >= 0.3 is 5.97 Å². The van der Waals surface area contributed by atoms with Crippen molar-refractivity contribution in [2.24, 2.45) is 0 Å². The highest BCUT2D eigenvalue weighted by molar-refractivity contribution is 6.06. The van der Waals surface area contributed by atoms with Crippen LogP contribution in [0.4, 0.5) is 0 Å². The highest BCUT2D eigenvalue weighted by atomic mass is 16.4. The lowest BCUT2D eigenvalue weighted by Gasteiger charge is -1.93. The molecule has 0 aliphatic heterocycles. The average molecular weight is 212 g/mol. The molecule has 0 saturated heterocycles. The van der Waals surface area contributed by atoms with Crippen LogP contribution in [0.3, 0.4) is 0 Å². The Kier molecular flexibility index (Phi) is 1.71. The molecule has 1 aromatic carbocycles. The molecule has 0 atom stereocenters. The van der Waals surface area contributed by atoms with Gasteiger partial charge in [0, 0.05) is 17.1 Å². The molecule has 4 heteroatoms. The molecule has 0 fully saturated rings. The number of aromatic carboxylic acids is 1. The monoisotopic (exact) mass is 212 g/mol. The van der Waals surface area contributed by atoms with Crippen LogP contribution in [-0.2, 0) is 0 Å². The van der Waals surface area contributed by atoms with Crippen LogP contribution < -0.4 is 0 Å². The third-order valence-electron chi connectivity index (χ3n) is 2.60. The van der Waals surface area contributed by atoms with Crippen LogP contribution in [0.15, 0.2) is 36.5 Å². The Labute approximate surface area is 90.5 Å². The predicted molar refractivity (Wildman–Crippen MR) is 60.6 cm³/mol. The summed E-state index contributed by atoms with van der Waals surface area (Å²) in [4.78, 5) is 18.2. The number of carboxylic acid groups (broad SMARTS) is 1. The first-order chi connectivity index (χ1) is 7.75. The first kappa shape index (κ1) is 8.91. The van der Waals surface area contributed by atoms with Crippen LogP contribution in [0.5, 0.6) is 0 Å². The number of hydrogen-bond donors (Lipinski definition) is 2. The number of aromatic nitrogens is 2. The highest BCUT2D eigenvalue weighted by Crippen LogP contribution is 2.23. The van der Waals surface area contributed by atoms with Gasteiger partial charge in [-0.25, -0.2) is 4.79 Å². The summed E-state index contributed by atoms with van der Waals surface area (Å²) in [5, 5.41) is 9.83. The second-order valence-electron chi connectivity index (χ2n) is 3.59. The van der Waals surface area contributed by atoms with Crippen LogP contribution >= 0.6 is 0 Å². The summed E-state index contributed by atoms with van der Waals surface area (Å²) in [6.45, 7) is 0. The minimum atomic E-state index is -0.923. The van der Waals surface area contributed by atoms with E-state index in [1.165, 1.54) is 0 Å². The summed E-state index contributed by atoms with van der Waals surface area (Å²) >= 11 is 0. The normalized spacial score (nSPS) is 11.0. The number of pyridine rings is 1. The summed E-state index contributed by atoms with van der Waals surface area (Å²) in [5.41, 5.74) is 2.86. The van der Waals surface area contributed by atoms with Crippen molar-refractivity contribution in [1.82, 2.24) is 9.97 Å². The molecular formula is C12H8N2O2. The molecule has 4 nitrogen and oxygen atoms in total. The fraction of sp³-hybridized carbons (Fsp3) is 0. The maximum atomic E-state index is 10.8. The Morgan fingerprint density at radius 3 is 2.94 bits per heavy atom. The second kappa shape index (κ2) is 3.06. The molecule has 2 N–H and O–H groups in total. The first-order valence-electron chi connectivity index (χ1n) is 4.85. The molecular weight excluding hydrogens is 204 g/mol. The number of rotatable bonds is 1. The van der Waals surface area contributed by atoms with Gasteiger partial charge in [0.2, 0.25) is 0 Å². The van der Waals surface area contributed by atoms with E-state index in [0.717, 1.165) is 21.9 Å². The molecule has 0 radical (unpaired) electrons. The average Bonchev–Trinajstić information content (AvgIpc) is 2.66.